The number of fused-ring (bicyclic) bond motifs is 1. The monoisotopic (exact) mass is 377 g/mol. The van der Waals surface area contributed by atoms with Crippen LogP contribution in [-0.4, -0.2) is 28.6 Å². The van der Waals surface area contributed by atoms with Crippen LogP contribution < -0.4 is 10.1 Å². The summed E-state index contributed by atoms with van der Waals surface area (Å²) in [7, 11) is 0. The molecule has 0 saturated carbocycles. The van der Waals surface area contributed by atoms with Crippen molar-refractivity contribution in [1.29, 1.82) is 0 Å². The first kappa shape index (κ1) is 17.6. The SMILES string of the molecule is Cc1nc2ccccc2n1CCNC(=O)COc1cc(Cl)ccc1Cl. The quantitative estimate of drug-likeness (QED) is 0.709. The number of nitrogens with zero attached hydrogens (tertiary/aromatic N) is 2. The second kappa shape index (κ2) is 7.76. The van der Waals surface area contributed by atoms with E-state index < -0.39 is 0 Å². The molecular formula is C18H17Cl2N3O2. The van der Waals surface area contributed by atoms with Gasteiger partial charge in [-0.25, -0.2) is 4.98 Å². The van der Waals surface area contributed by atoms with Gasteiger partial charge >= 0.3 is 0 Å². The third kappa shape index (κ3) is 4.24. The van der Waals surface area contributed by atoms with E-state index in [-0.39, 0.29) is 12.5 Å². The average molecular weight is 378 g/mol. The van der Waals surface area contributed by atoms with E-state index in [0.717, 1.165) is 16.9 Å². The summed E-state index contributed by atoms with van der Waals surface area (Å²) in [6, 6.07) is 12.8. The molecule has 3 rings (SSSR count). The molecule has 2 aromatic carbocycles. The second-order valence-corrected chi connectivity index (χ2v) is 6.36. The Morgan fingerprint density at radius 2 is 2.04 bits per heavy atom. The summed E-state index contributed by atoms with van der Waals surface area (Å²) in [6.07, 6.45) is 0. The van der Waals surface area contributed by atoms with Crippen molar-refractivity contribution in [2.45, 2.75) is 13.5 Å². The molecule has 25 heavy (non-hydrogen) atoms. The lowest BCUT2D eigenvalue weighted by atomic mass is 10.3. The van der Waals surface area contributed by atoms with Crippen LogP contribution in [0.3, 0.4) is 0 Å². The fourth-order valence-corrected chi connectivity index (χ4v) is 2.90. The first-order valence-electron chi connectivity index (χ1n) is 7.81. The number of carbonyl (C=O) groups is 1. The third-order valence-corrected chi connectivity index (χ3v) is 4.30. The van der Waals surface area contributed by atoms with Gasteiger partial charge in [-0.05, 0) is 31.2 Å². The molecule has 1 aromatic heterocycles. The Kier molecular flexibility index (Phi) is 5.46. The number of imidazole rings is 1. The molecule has 1 heterocycles. The maximum absolute atomic E-state index is 12.0. The minimum absolute atomic E-state index is 0.121. The van der Waals surface area contributed by atoms with Gasteiger partial charge in [-0.1, -0.05) is 35.3 Å². The average Bonchev–Trinajstić information content (AvgIpc) is 2.91. The predicted molar refractivity (Wildman–Crippen MR) is 99.4 cm³/mol. The molecular weight excluding hydrogens is 361 g/mol. The van der Waals surface area contributed by atoms with Crippen LogP contribution in [0.5, 0.6) is 5.75 Å². The molecule has 0 spiro atoms. The number of ether oxygens (including phenoxy) is 1. The van der Waals surface area contributed by atoms with Gasteiger partial charge in [-0.3, -0.25) is 4.79 Å². The number of carbonyl (C=O) groups excluding carboxylic acids is 1. The van der Waals surface area contributed by atoms with E-state index in [4.69, 9.17) is 27.9 Å². The second-order valence-electron chi connectivity index (χ2n) is 5.51. The van der Waals surface area contributed by atoms with Crippen LogP contribution in [0.25, 0.3) is 11.0 Å². The maximum Gasteiger partial charge on any atom is 0.258 e. The summed E-state index contributed by atoms with van der Waals surface area (Å²) < 4.78 is 7.49. The van der Waals surface area contributed by atoms with Gasteiger partial charge in [0.1, 0.15) is 11.6 Å². The molecule has 0 atom stereocenters. The molecule has 0 fully saturated rings. The van der Waals surface area contributed by atoms with E-state index in [1.165, 1.54) is 0 Å². The number of halogens is 2. The van der Waals surface area contributed by atoms with Crippen LogP contribution in [0, 0.1) is 6.92 Å². The molecule has 0 saturated heterocycles. The Bertz CT molecular complexity index is 908. The van der Waals surface area contributed by atoms with Crippen molar-refractivity contribution in [3.63, 3.8) is 0 Å². The number of aryl methyl sites for hydroxylation is 1. The number of hydrogen-bond donors (Lipinski definition) is 1. The maximum atomic E-state index is 12.0. The van der Waals surface area contributed by atoms with E-state index in [2.05, 4.69) is 14.9 Å². The first-order chi connectivity index (χ1) is 12.0. The van der Waals surface area contributed by atoms with Gasteiger partial charge in [-0.15, -0.1) is 0 Å². The molecule has 1 N–H and O–H groups in total. The van der Waals surface area contributed by atoms with Crippen LogP contribution in [0.4, 0.5) is 0 Å². The summed E-state index contributed by atoms with van der Waals surface area (Å²) in [5, 5.41) is 3.75. The summed E-state index contributed by atoms with van der Waals surface area (Å²) in [5.41, 5.74) is 2.00. The first-order valence-corrected chi connectivity index (χ1v) is 8.56. The van der Waals surface area contributed by atoms with Gasteiger partial charge in [0, 0.05) is 24.2 Å². The highest BCUT2D eigenvalue weighted by Gasteiger charge is 2.09. The van der Waals surface area contributed by atoms with Crippen LogP contribution in [0.1, 0.15) is 5.82 Å². The lowest BCUT2D eigenvalue weighted by Gasteiger charge is -2.10. The van der Waals surface area contributed by atoms with Crippen molar-refractivity contribution in [1.82, 2.24) is 14.9 Å². The molecule has 0 bridgehead atoms. The molecule has 0 aliphatic rings. The number of aromatic nitrogens is 2. The van der Waals surface area contributed by atoms with Crippen LogP contribution in [0.2, 0.25) is 10.0 Å². The zero-order chi connectivity index (χ0) is 17.8. The molecule has 0 unspecified atom stereocenters. The van der Waals surface area contributed by atoms with Gasteiger partial charge in [0.15, 0.2) is 6.61 Å². The van der Waals surface area contributed by atoms with Gasteiger partial charge in [-0.2, -0.15) is 0 Å². The van der Waals surface area contributed by atoms with Gasteiger partial charge < -0.3 is 14.6 Å². The molecule has 0 aliphatic carbocycles. The zero-order valence-corrected chi connectivity index (χ0v) is 15.1. The normalized spacial score (nSPS) is 10.8. The van der Waals surface area contributed by atoms with Crippen molar-refractivity contribution in [2.75, 3.05) is 13.2 Å². The van der Waals surface area contributed by atoms with Crippen molar-refractivity contribution >= 4 is 40.1 Å². The number of hydrogen-bond acceptors (Lipinski definition) is 3. The lowest BCUT2D eigenvalue weighted by Crippen LogP contribution is -2.31. The van der Waals surface area contributed by atoms with Gasteiger partial charge in [0.25, 0.3) is 5.91 Å². The molecule has 0 aliphatic heterocycles. The van der Waals surface area contributed by atoms with Crippen molar-refractivity contribution < 1.29 is 9.53 Å². The lowest BCUT2D eigenvalue weighted by molar-refractivity contribution is -0.123. The fraction of sp³-hybridized carbons (Fsp3) is 0.222. The van der Waals surface area contributed by atoms with E-state index >= 15 is 0 Å². The summed E-state index contributed by atoms with van der Waals surface area (Å²) in [6.45, 7) is 2.94. The third-order valence-electron chi connectivity index (χ3n) is 3.76. The molecule has 7 heteroatoms. The summed E-state index contributed by atoms with van der Waals surface area (Å²) in [4.78, 5) is 16.5. The summed E-state index contributed by atoms with van der Waals surface area (Å²) in [5.74, 6) is 1.08. The van der Waals surface area contributed by atoms with Crippen molar-refractivity contribution in [3.05, 3.63) is 58.3 Å². The van der Waals surface area contributed by atoms with Crippen LogP contribution in [-0.2, 0) is 11.3 Å². The van der Waals surface area contributed by atoms with E-state index in [1.54, 1.807) is 18.2 Å². The topological polar surface area (TPSA) is 56.2 Å². The number of nitrogens with one attached hydrogen (secondary N) is 1. The Balaban J connectivity index is 1.52. The number of para-hydroxylation sites is 2. The highest BCUT2D eigenvalue weighted by molar-refractivity contribution is 6.34. The zero-order valence-electron chi connectivity index (χ0n) is 13.6. The largest absolute Gasteiger partial charge is 0.482 e. The Morgan fingerprint density at radius 3 is 2.88 bits per heavy atom. The van der Waals surface area contributed by atoms with Crippen molar-refractivity contribution in [3.8, 4) is 5.75 Å². The van der Waals surface area contributed by atoms with E-state index in [0.29, 0.717) is 28.9 Å². The minimum Gasteiger partial charge on any atom is -0.482 e. The number of rotatable bonds is 6. The molecule has 0 radical (unpaired) electrons. The Hall–Kier alpha value is -2.24. The number of benzene rings is 2. The highest BCUT2D eigenvalue weighted by Crippen LogP contribution is 2.27. The van der Waals surface area contributed by atoms with Crippen LogP contribution >= 0.6 is 23.2 Å². The molecule has 3 aromatic rings. The van der Waals surface area contributed by atoms with Gasteiger partial charge in [0.2, 0.25) is 0 Å². The smallest absolute Gasteiger partial charge is 0.258 e. The highest BCUT2D eigenvalue weighted by atomic mass is 35.5. The molecule has 1 amide bonds. The minimum atomic E-state index is -0.224. The predicted octanol–water partition coefficient (Wildman–Crippen LogP) is 3.85. The van der Waals surface area contributed by atoms with Crippen molar-refractivity contribution in [2.24, 2.45) is 0 Å². The molecule has 5 nitrogen and oxygen atoms in total. The fourth-order valence-electron chi connectivity index (χ4n) is 2.57. The molecule has 130 valence electrons. The van der Waals surface area contributed by atoms with E-state index in [9.17, 15) is 4.79 Å². The van der Waals surface area contributed by atoms with Crippen LogP contribution in [0.15, 0.2) is 42.5 Å². The number of amides is 1. The van der Waals surface area contributed by atoms with Gasteiger partial charge in [0.05, 0.1) is 16.1 Å². The summed E-state index contributed by atoms with van der Waals surface area (Å²) >= 11 is 11.9. The van der Waals surface area contributed by atoms with E-state index in [1.807, 2.05) is 31.2 Å². The standard InChI is InChI=1S/C18H17Cl2N3O2/c1-12-22-15-4-2-3-5-16(15)23(12)9-8-21-18(24)11-25-17-10-13(19)6-7-14(17)20/h2-7,10H,8-9,11H2,1H3,(H,21,24). The Labute approximate surface area is 155 Å². The Morgan fingerprint density at radius 1 is 1.24 bits per heavy atom.